The molecule has 0 unspecified atom stereocenters. The number of amides is 2. The SMILES string of the molecule is CCCNC(=O)Cn1nc2c(c1NC(=O)C(CCC)CCC)CSC2. The molecule has 6 nitrogen and oxygen atoms in total. The molecule has 0 saturated carbocycles. The quantitative estimate of drug-likeness (QED) is 0.666. The molecule has 7 heteroatoms. The van der Waals surface area contributed by atoms with Crippen LogP contribution in [0.1, 0.15) is 64.1 Å². The Morgan fingerprint density at radius 2 is 1.88 bits per heavy atom. The Balaban J connectivity index is 2.15. The van der Waals surface area contributed by atoms with Crippen LogP contribution < -0.4 is 10.6 Å². The van der Waals surface area contributed by atoms with Crippen molar-refractivity contribution in [1.82, 2.24) is 15.1 Å². The maximum Gasteiger partial charge on any atom is 0.241 e. The second kappa shape index (κ2) is 9.85. The lowest BCUT2D eigenvalue weighted by Crippen LogP contribution is -2.30. The average Bonchev–Trinajstić information content (AvgIpc) is 3.15. The first-order valence-electron chi connectivity index (χ1n) is 9.34. The normalized spacial score (nSPS) is 13.1. The Kier molecular flexibility index (Phi) is 7.81. The summed E-state index contributed by atoms with van der Waals surface area (Å²) >= 11 is 1.79. The van der Waals surface area contributed by atoms with Crippen molar-refractivity contribution < 1.29 is 9.59 Å². The number of aromatic nitrogens is 2. The molecule has 2 N–H and O–H groups in total. The highest BCUT2D eigenvalue weighted by atomic mass is 32.2. The van der Waals surface area contributed by atoms with Crippen molar-refractivity contribution in [3.63, 3.8) is 0 Å². The second-order valence-corrected chi connectivity index (χ2v) is 7.52. The number of fused-ring (bicyclic) bond motifs is 1. The van der Waals surface area contributed by atoms with E-state index in [-0.39, 0.29) is 24.3 Å². The van der Waals surface area contributed by atoms with Gasteiger partial charge in [0.2, 0.25) is 11.8 Å². The van der Waals surface area contributed by atoms with Crippen molar-refractivity contribution in [2.45, 2.75) is 70.9 Å². The average molecular weight is 367 g/mol. The van der Waals surface area contributed by atoms with Crippen molar-refractivity contribution in [3.8, 4) is 0 Å². The van der Waals surface area contributed by atoms with Crippen LogP contribution >= 0.6 is 11.8 Å². The lowest BCUT2D eigenvalue weighted by molar-refractivity contribution is -0.122. The van der Waals surface area contributed by atoms with Crippen LogP contribution in [-0.4, -0.2) is 28.1 Å². The standard InChI is InChI=1S/C18H30N4O2S/c1-4-7-13(8-5-2)18(24)20-17-14-11-25-12-15(14)21-22(17)10-16(23)19-9-6-3/h13H,4-12H2,1-3H3,(H,19,23)(H,20,24). The van der Waals surface area contributed by atoms with Gasteiger partial charge in [-0.25, -0.2) is 4.68 Å². The Hall–Kier alpha value is -1.50. The van der Waals surface area contributed by atoms with Gasteiger partial charge in [-0.1, -0.05) is 33.6 Å². The summed E-state index contributed by atoms with van der Waals surface area (Å²) in [4.78, 5) is 24.8. The molecule has 0 spiro atoms. The minimum atomic E-state index is -0.0650. The molecule has 0 radical (unpaired) electrons. The molecule has 2 heterocycles. The third kappa shape index (κ3) is 5.23. The fourth-order valence-electron chi connectivity index (χ4n) is 3.10. The van der Waals surface area contributed by atoms with Gasteiger partial charge in [-0.05, 0) is 19.3 Å². The van der Waals surface area contributed by atoms with E-state index in [1.165, 1.54) is 0 Å². The summed E-state index contributed by atoms with van der Waals surface area (Å²) in [6.07, 6.45) is 4.66. The van der Waals surface area contributed by atoms with Gasteiger partial charge in [0.1, 0.15) is 12.4 Å². The van der Waals surface area contributed by atoms with Crippen molar-refractivity contribution >= 4 is 29.4 Å². The van der Waals surface area contributed by atoms with Gasteiger partial charge >= 0.3 is 0 Å². The summed E-state index contributed by atoms with van der Waals surface area (Å²) in [6, 6.07) is 0. The van der Waals surface area contributed by atoms with Gasteiger partial charge in [0.05, 0.1) is 5.69 Å². The third-order valence-corrected chi connectivity index (χ3v) is 5.34. The molecule has 1 aliphatic rings. The summed E-state index contributed by atoms with van der Waals surface area (Å²) < 4.78 is 1.67. The van der Waals surface area contributed by atoms with E-state index in [9.17, 15) is 9.59 Å². The summed E-state index contributed by atoms with van der Waals surface area (Å²) in [5.74, 6) is 2.41. The number of rotatable bonds is 10. The molecule has 140 valence electrons. The van der Waals surface area contributed by atoms with Gasteiger partial charge in [-0.15, -0.1) is 0 Å². The van der Waals surface area contributed by atoms with Gasteiger partial charge < -0.3 is 10.6 Å². The number of hydrogen-bond donors (Lipinski definition) is 2. The first-order valence-corrected chi connectivity index (χ1v) is 10.5. The minimum Gasteiger partial charge on any atom is -0.355 e. The van der Waals surface area contributed by atoms with E-state index in [0.29, 0.717) is 12.4 Å². The number of anilines is 1. The van der Waals surface area contributed by atoms with E-state index in [1.807, 2.05) is 6.92 Å². The van der Waals surface area contributed by atoms with E-state index in [4.69, 9.17) is 0 Å². The zero-order valence-electron chi connectivity index (χ0n) is 15.6. The Labute approximate surface area is 154 Å². The van der Waals surface area contributed by atoms with Gasteiger partial charge in [-0.2, -0.15) is 16.9 Å². The number of carbonyl (C=O) groups excluding carboxylic acids is 2. The fourth-order valence-corrected chi connectivity index (χ4v) is 4.13. The molecule has 2 rings (SSSR count). The maximum absolute atomic E-state index is 12.7. The van der Waals surface area contributed by atoms with E-state index in [1.54, 1.807) is 16.4 Å². The molecule has 0 aliphatic carbocycles. The lowest BCUT2D eigenvalue weighted by atomic mass is 9.97. The predicted molar refractivity (Wildman–Crippen MR) is 102 cm³/mol. The number of nitrogens with zero attached hydrogens (tertiary/aromatic N) is 2. The Morgan fingerprint density at radius 1 is 1.16 bits per heavy atom. The molecule has 0 fully saturated rings. The largest absolute Gasteiger partial charge is 0.355 e. The molecule has 2 amide bonds. The number of carbonyl (C=O) groups is 2. The summed E-state index contributed by atoms with van der Waals surface area (Å²) in [5.41, 5.74) is 2.07. The second-order valence-electron chi connectivity index (χ2n) is 6.54. The van der Waals surface area contributed by atoms with Crippen molar-refractivity contribution in [3.05, 3.63) is 11.3 Å². The molecule has 0 saturated heterocycles. The summed E-state index contributed by atoms with van der Waals surface area (Å²) in [7, 11) is 0. The van der Waals surface area contributed by atoms with Crippen LogP contribution in [0.15, 0.2) is 0 Å². The highest BCUT2D eigenvalue weighted by Gasteiger charge is 2.26. The van der Waals surface area contributed by atoms with E-state index < -0.39 is 0 Å². The first kappa shape index (κ1) is 19.8. The first-order chi connectivity index (χ1) is 12.1. The van der Waals surface area contributed by atoms with E-state index in [2.05, 4.69) is 29.6 Å². The van der Waals surface area contributed by atoms with Crippen molar-refractivity contribution in [1.29, 1.82) is 0 Å². The molecule has 1 aromatic heterocycles. The van der Waals surface area contributed by atoms with Gasteiger partial charge in [0.25, 0.3) is 0 Å². The highest BCUT2D eigenvalue weighted by molar-refractivity contribution is 7.98. The summed E-state index contributed by atoms with van der Waals surface area (Å²) in [5, 5.41) is 10.5. The van der Waals surface area contributed by atoms with Crippen molar-refractivity contribution in [2.24, 2.45) is 5.92 Å². The van der Waals surface area contributed by atoms with Crippen LogP contribution in [0.5, 0.6) is 0 Å². The molecule has 25 heavy (non-hydrogen) atoms. The topological polar surface area (TPSA) is 76.0 Å². The molecule has 0 bridgehead atoms. The number of hydrogen-bond acceptors (Lipinski definition) is 4. The summed E-state index contributed by atoms with van der Waals surface area (Å²) in [6.45, 7) is 7.04. The Morgan fingerprint density at radius 3 is 2.52 bits per heavy atom. The number of thioether (sulfide) groups is 1. The van der Waals surface area contributed by atoms with Gasteiger partial charge in [-0.3, -0.25) is 9.59 Å². The maximum atomic E-state index is 12.7. The Bertz CT molecular complexity index is 594. The zero-order chi connectivity index (χ0) is 18.2. The lowest BCUT2D eigenvalue weighted by Gasteiger charge is -2.17. The molecular weight excluding hydrogens is 336 g/mol. The van der Waals surface area contributed by atoms with Gasteiger partial charge in [0, 0.05) is 29.5 Å². The van der Waals surface area contributed by atoms with Crippen LogP contribution in [0.2, 0.25) is 0 Å². The smallest absolute Gasteiger partial charge is 0.241 e. The third-order valence-electron chi connectivity index (χ3n) is 4.37. The number of nitrogens with one attached hydrogen (secondary N) is 2. The van der Waals surface area contributed by atoms with Crippen LogP contribution in [0, 0.1) is 5.92 Å². The molecule has 1 aliphatic heterocycles. The molecule has 0 aromatic carbocycles. The zero-order valence-corrected chi connectivity index (χ0v) is 16.4. The predicted octanol–water partition coefficient (Wildman–Crippen LogP) is 3.31. The van der Waals surface area contributed by atoms with Crippen LogP contribution in [0.4, 0.5) is 5.82 Å². The monoisotopic (exact) mass is 366 g/mol. The van der Waals surface area contributed by atoms with E-state index >= 15 is 0 Å². The van der Waals surface area contributed by atoms with Crippen LogP contribution in [-0.2, 0) is 27.6 Å². The minimum absolute atomic E-state index is 0.0250. The van der Waals surface area contributed by atoms with Crippen molar-refractivity contribution in [2.75, 3.05) is 11.9 Å². The van der Waals surface area contributed by atoms with Crippen LogP contribution in [0.3, 0.4) is 0 Å². The molecule has 0 atom stereocenters. The van der Waals surface area contributed by atoms with E-state index in [0.717, 1.165) is 54.9 Å². The highest BCUT2D eigenvalue weighted by Crippen LogP contribution is 2.35. The van der Waals surface area contributed by atoms with Crippen LogP contribution in [0.25, 0.3) is 0 Å². The fraction of sp³-hybridized carbons (Fsp3) is 0.722. The molecule has 1 aromatic rings. The van der Waals surface area contributed by atoms with Gasteiger partial charge in [0.15, 0.2) is 0 Å². The molecular formula is C18H30N4O2S.